The summed E-state index contributed by atoms with van der Waals surface area (Å²) >= 11 is 0. The standard InChI is InChI=1S/C8H13N3O2/c1-2-3-4-13-8(12)6-7(9)11-5-10-6/h5H,2-4,9H2,1H3,(H,10,11). The summed E-state index contributed by atoms with van der Waals surface area (Å²) in [5, 5.41) is 0. The van der Waals surface area contributed by atoms with Crippen LogP contribution in [0.2, 0.25) is 0 Å². The van der Waals surface area contributed by atoms with Gasteiger partial charge in [0.2, 0.25) is 0 Å². The van der Waals surface area contributed by atoms with E-state index < -0.39 is 5.97 Å². The van der Waals surface area contributed by atoms with Crippen molar-refractivity contribution in [3.63, 3.8) is 0 Å². The number of H-pyrrole nitrogens is 1. The molecule has 5 nitrogen and oxygen atoms in total. The Kier molecular flexibility index (Phi) is 3.31. The van der Waals surface area contributed by atoms with Crippen LogP contribution in [-0.4, -0.2) is 22.5 Å². The molecule has 0 spiro atoms. The third-order valence-electron chi connectivity index (χ3n) is 1.60. The maximum Gasteiger partial charge on any atom is 0.358 e. The molecule has 5 heteroatoms. The normalized spacial score (nSPS) is 9.92. The number of ether oxygens (including phenoxy) is 1. The Labute approximate surface area is 76.3 Å². The Morgan fingerprint density at radius 2 is 2.54 bits per heavy atom. The summed E-state index contributed by atoms with van der Waals surface area (Å²) < 4.78 is 4.92. The summed E-state index contributed by atoms with van der Waals surface area (Å²) in [5.74, 6) is -0.259. The van der Waals surface area contributed by atoms with Crippen molar-refractivity contribution in [3.8, 4) is 0 Å². The number of nitrogens with zero attached hydrogens (tertiary/aromatic N) is 1. The summed E-state index contributed by atoms with van der Waals surface area (Å²) in [4.78, 5) is 17.5. The van der Waals surface area contributed by atoms with Gasteiger partial charge in [-0.1, -0.05) is 13.3 Å². The number of unbranched alkanes of at least 4 members (excludes halogenated alkanes) is 1. The van der Waals surface area contributed by atoms with Crippen LogP contribution in [0.4, 0.5) is 5.82 Å². The lowest BCUT2D eigenvalue weighted by atomic mass is 10.3. The van der Waals surface area contributed by atoms with Crippen molar-refractivity contribution in [1.82, 2.24) is 9.97 Å². The molecular weight excluding hydrogens is 170 g/mol. The summed E-state index contributed by atoms with van der Waals surface area (Å²) in [6.45, 7) is 2.45. The molecule has 1 heterocycles. The molecule has 0 saturated heterocycles. The molecular formula is C8H13N3O2. The molecule has 0 radical (unpaired) electrons. The van der Waals surface area contributed by atoms with E-state index in [1.165, 1.54) is 6.33 Å². The number of carbonyl (C=O) groups is 1. The predicted octanol–water partition coefficient (Wildman–Crippen LogP) is 0.949. The van der Waals surface area contributed by atoms with Gasteiger partial charge in [0.05, 0.1) is 12.9 Å². The van der Waals surface area contributed by atoms with Crippen LogP contribution in [0.5, 0.6) is 0 Å². The third-order valence-corrected chi connectivity index (χ3v) is 1.60. The van der Waals surface area contributed by atoms with Crippen LogP contribution < -0.4 is 5.73 Å². The highest BCUT2D eigenvalue weighted by atomic mass is 16.5. The Hall–Kier alpha value is -1.52. The quantitative estimate of drug-likeness (QED) is 0.538. The van der Waals surface area contributed by atoms with Crippen LogP contribution in [0.15, 0.2) is 6.33 Å². The number of nitrogens with one attached hydrogen (secondary N) is 1. The zero-order valence-electron chi connectivity index (χ0n) is 7.54. The molecule has 1 aromatic heterocycles. The van der Waals surface area contributed by atoms with Crippen molar-refractivity contribution in [2.45, 2.75) is 19.8 Å². The summed E-state index contributed by atoms with van der Waals surface area (Å²) in [6.07, 6.45) is 3.22. The fraction of sp³-hybridized carbons (Fsp3) is 0.500. The van der Waals surface area contributed by atoms with Gasteiger partial charge in [-0.15, -0.1) is 0 Å². The maximum absolute atomic E-state index is 11.2. The number of nitrogen functional groups attached to an aromatic ring is 1. The molecule has 0 atom stereocenters. The molecule has 72 valence electrons. The van der Waals surface area contributed by atoms with Gasteiger partial charge in [0.25, 0.3) is 0 Å². The Morgan fingerprint density at radius 1 is 1.77 bits per heavy atom. The highest BCUT2D eigenvalue weighted by Gasteiger charge is 2.12. The van der Waals surface area contributed by atoms with E-state index in [4.69, 9.17) is 10.5 Å². The van der Waals surface area contributed by atoms with Gasteiger partial charge in [-0.2, -0.15) is 0 Å². The van der Waals surface area contributed by atoms with E-state index in [9.17, 15) is 4.79 Å². The van der Waals surface area contributed by atoms with Crippen molar-refractivity contribution in [3.05, 3.63) is 12.0 Å². The number of carbonyl (C=O) groups excluding carboxylic acids is 1. The fourth-order valence-corrected chi connectivity index (χ4v) is 0.850. The number of nitrogens with two attached hydrogens (primary N) is 1. The van der Waals surface area contributed by atoms with Crippen LogP contribution in [0.25, 0.3) is 0 Å². The first-order valence-corrected chi connectivity index (χ1v) is 4.21. The van der Waals surface area contributed by atoms with Gasteiger partial charge in [-0.3, -0.25) is 0 Å². The van der Waals surface area contributed by atoms with Gasteiger partial charge in [-0.05, 0) is 6.42 Å². The first kappa shape index (κ1) is 9.57. The van der Waals surface area contributed by atoms with Crippen LogP contribution >= 0.6 is 0 Å². The summed E-state index contributed by atoms with van der Waals surface area (Å²) in [7, 11) is 0. The molecule has 1 rings (SSSR count). The maximum atomic E-state index is 11.2. The van der Waals surface area contributed by atoms with E-state index in [0.717, 1.165) is 12.8 Å². The molecule has 0 aromatic carbocycles. The lowest BCUT2D eigenvalue weighted by Gasteiger charge is -2.01. The van der Waals surface area contributed by atoms with Gasteiger partial charge in [0, 0.05) is 0 Å². The zero-order chi connectivity index (χ0) is 9.68. The zero-order valence-corrected chi connectivity index (χ0v) is 7.54. The van der Waals surface area contributed by atoms with Crippen molar-refractivity contribution in [2.75, 3.05) is 12.3 Å². The minimum atomic E-state index is -0.441. The average Bonchev–Trinajstić information content (AvgIpc) is 2.52. The van der Waals surface area contributed by atoms with Crippen molar-refractivity contribution in [1.29, 1.82) is 0 Å². The molecule has 0 fully saturated rings. The molecule has 0 bridgehead atoms. The monoisotopic (exact) mass is 183 g/mol. The van der Waals surface area contributed by atoms with Crippen molar-refractivity contribution >= 4 is 11.8 Å². The van der Waals surface area contributed by atoms with Gasteiger partial charge < -0.3 is 15.5 Å². The van der Waals surface area contributed by atoms with Crippen molar-refractivity contribution < 1.29 is 9.53 Å². The lowest BCUT2D eigenvalue weighted by molar-refractivity contribution is 0.0495. The van der Waals surface area contributed by atoms with Gasteiger partial charge in [0.15, 0.2) is 11.5 Å². The molecule has 0 aliphatic rings. The molecule has 3 N–H and O–H groups in total. The van der Waals surface area contributed by atoms with Crippen LogP contribution in [0, 0.1) is 0 Å². The topological polar surface area (TPSA) is 81.0 Å². The van der Waals surface area contributed by atoms with Gasteiger partial charge in [0.1, 0.15) is 0 Å². The van der Waals surface area contributed by atoms with E-state index >= 15 is 0 Å². The first-order valence-electron chi connectivity index (χ1n) is 4.21. The lowest BCUT2D eigenvalue weighted by Crippen LogP contribution is -2.09. The molecule has 0 saturated carbocycles. The molecule has 13 heavy (non-hydrogen) atoms. The number of aromatic nitrogens is 2. The SMILES string of the molecule is CCCCOC(=O)c1[nH]cnc1N. The second kappa shape index (κ2) is 4.49. The highest BCUT2D eigenvalue weighted by molar-refractivity contribution is 5.91. The first-order chi connectivity index (χ1) is 6.25. The van der Waals surface area contributed by atoms with E-state index in [2.05, 4.69) is 9.97 Å². The molecule has 0 unspecified atom stereocenters. The third kappa shape index (κ3) is 2.47. The smallest absolute Gasteiger partial charge is 0.358 e. The number of hydrogen-bond acceptors (Lipinski definition) is 4. The van der Waals surface area contributed by atoms with Gasteiger partial charge in [-0.25, -0.2) is 9.78 Å². The minimum Gasteiger partial charge on any atom is -0.461 e. The van der Waals surface area contributed by atoms with E-state index in [-0.39, 0.29) is 11.5 Å². The average molecular weight is 183 g/mol. The second-order valence-electron chi connectivity index (χ2n) is 2.65. The van der Waals surface area contributed by atoms with E-state index in [1.54, 1.807) is 0 Å². The molecule has 0 aliphatic carbocycles. The summed E-state index contributed by atoms with van der Waals surface area (Å²) in [6, 6.07) is 0. The fourth-order valence-electron chi connectivity index (χ4n) is 0.850. The van der Waals surface area contributed by atoms with E-state index in [1.807, 2.05) is 6.92 Å². The number of rotatable bonds is 4. The van der Waals surface area contributed by atoms with Crippen LogP contribution in [0.3, 0.4) is 0 Å². The molecule has 1 aromatic rings. The predicted molar refractivity (Wildman–Crippen MR) is 48.2 cm³/mol. The molecule has 0 amide bonds. The van der Waals surface area contributed by atoms with Gasteiger partial charge >= 0.3 is 5.97 Å². The number of imidazole rings is 1. The highest BCUT2D eigenvalue weighted by Crippen LogP contribution is 2.05. The minimum absolute atomic E-state index is 0.182. The van der Waals surface area contributed by atoms with Crippen molar-refractivity contribution in [2.24, 2.45) is 0 Å². The number of aromatic amines is 1. The largest absolute Gasteiger partial charge is 0.461 e. The summed E-state index contributed by atoms with van der Waals surface area (Å²) in [5.41, 5.74) is 5.64. The Morgan fingerprint density at radius 3 is 3.08 bits per heavy atom. The number of anilines is 1. The van der Waals surface area contributed by atoms with Crippen LogP contribution in [0.1, 0.15) is 30.3 Å². The number of esters is 1. The Balaban J connectivity index is 2.45. The Bertz CT molecular complexity index is 283. The number of hydrogen-bond donors (Lipinski definition) is 2. The van der Waals surface area contributed by atoms with Crippen LogP contribution in [-0.2, 0) is 4.74 Å². The molecule has 0 aliphatic heterocycles. The van der Waals surface area contributed by atoms with E-state index in [0.29, 0.717) is 6.61 Å². The second-order valence-corrected chi connectivity index (χ2v) is 2.65.